The van der Waals surface area contributed by atoms with Gasteiger partial charge in [-0.05, 0) is 45.7 Å². The number of carbonyl (C=O) groups excluding carboxylic acids is 1. The summed E-state index contributed by atoms with van der Waals surface area (Å²) in [4.78, 5) is 14.2. The van der Waals surface area contributed by atoms with Crippen molar-refractivity contribution in [3.05, 3.63) is 17.8 Å². The standard InChI is InChI=1S/C14H22N4O/c1-10(2)15-14(19)12-5-4-8-18(9-12)13-7-6-11(3)16-17-13/h6-7,10,12H,4-5,8-9H2,1-3H3,(H,15,19). The lowest BCUT2D eigenvalue weighted by Crippen LogP contribution is -2.45. The SMILES string of the molecule is Cc1ccc(N2CCCC(C(=O)NC(C)C)C2)nn1. The highest BCUT2D eigenvalue weighted by molar-refractivity contribution is 5.79. The zero-order valence-corrected chi connectivity index (χ0v) is 11.9. The number of rotatable bonds is 3. The molecule has 0 aliphatic carbocycles. The number of hydrogen-bond donors (Lipinski definition) is 1. The first kappa shape index (κ1) is 13.8. The molecule has 0 bridgehead atoms. The van der Waals surface area contributed by atoms with Crippen LogP contribution in [0, 0.1) is 12.8 Å². The quantitative estimate of drug-likeness (QED) is 0.897. The van der Waals surface area contributed by atoms with Gasteiger partial charge < -0.3 is 10.2 Å². The van der Waals surface area contributed by atoms with E-state index in [9.17, 15) is 4.79 Å². The van der Waals surface area contributed by atoms with Gasteiger partial charge in [-0.3, -0.25) is 4.79 Å². The van der Waals surface area contributed by atoms with Gasteiger partial charge in [0, 0.05) is 19.1 Å². The van der Waals surface area contributed by atoms with Gasteiger partial charge in [0.1, 0.15) is 0 Å². The van der Waals surface area contributed by atoms with Gasteiger partial charge in [0.2, 0.25) is 5.91 Å². The van der Waals surface area contributed by atoms with E-state index in [1.165, 1.54) is 0 Å². The van der Waals surface area contributed by atoms with E-state index in [1.807, 2.05) is 32.9 Å². The number of anilines is 1. The molecular weight excluding hydrogens is 240 g/mol. The molecule has 2 rings (SSSR count). The highest BCUT2D eigenvalue weighted by Gasteiger charge is 2.26. The lowest BCUT2D eigenvalue weighted by Gasteiger charge is -2.32. The van der Waals surface area contributed by atoms with Crippen molar-refractivity contribution in [3.63, 3.8) is 0 Å². The topological polar surface area (TPSA) is 58.1 Å². The van der Waals surface area contributed by atoms with Gasteiger partial charge >= 0.3 is 0 Å². The smallest absolute Gasteiger partial charge is 0.225 e. The van der Waals surface area contributed by atoms with Crippen LogP contribution >= 0.6 is 0 Å². The molecule has 0 spiro atoms. The Kier molecular flexibility index (Phi) is 4.35. The van der Waals surface area contributed by atoms with E-state index >= 15 is 0 Å². The largest absolute Gasteiger partial charge is 0.354 e. The minimum Gasteiger partial charge on any atom is -0.354 e. The Labute approximate surface area is 114 Å². The van der Waals surface area contributed by atoms with Crippen molar-refractivity contribution in [2.75, 3.05) is 18.0 Å². The summed E-state index contributed by atoms with van der Waals surface area (Å²) in [6, 6.07) is 4.13. The van der Waals surface area contributed by atoms with Gasteiger partial charge in [-0.25, -0.2) is 0 Å². The van der Waals surface area contributed by atoms with Crippen molar-refractivity contribution >= 4 is 11.7 Å². The van der Waals surface area contributed by atoms with Crippen LogP contribution < -0.4 is 10.2 Å². The number of nitrogens with one attached hydrogen (secondary N) is 1. The third-order valence-electron chi connectivity index (χ3n) is 3.33. The molecule has 5 heteroatoms. The van der Waals surface area contributed by atoms with Crippen molar-refractivity contribution in [2.24, 2.45) is 5.92 Å². The van der Waals surface area contributed by atoms with Crippen LogP contribution in [0.1, 0.15) is 32.4 Å². The molecule has 1 aliphatic rings. The molecule has 5 nitrogen and oxygen atoms in total. The second-order valence-corrected chi connectivity index (χ2v) is 5.48. The molecule has 104 valence electrons. The summed E-state index contributed by atoms with van der Waals surface area (Å²) in [6.45, 7) is 7.58. The van der Waals surface area contributed by atoms with E-state index in [2.05, 4.69) is 20.4 Å². The first-order valence-corrected chi connectivity index (χ1v) is 6.92. The lowest BCUT2D eigenvalue weighted by molar-refractivity contribution is -0.125. The first-order chi connectivity index (χ1) is 9.06. The van der Waals surface area contributed by atoms with Gasteiger partial charge in [-0.15, -0.1) is 5.10 Å². The maximum Gasteiger partial charge on any atom is 0.225 e. The Morgan fingerprint density at radius 1 is 1.42 bits per heavy atom. The molecule has 1 aliphatic heterocycles. The van der Waals surface area contributed by atoms with Gasteiger partial charge in [0.05, 0.1) is 11.6 Å². The van der Waals surface area contributed by atoms with Crippen molar-refractivity contribution in [3.8, 4) is 0 Å². The van der Waals surface area contributed by atoms with Gasteiger partial charge in [-0.2, -0.15) is 5.10 Å². The first-order valence-electron chi connectivity index (χ1n) is 6.92. The van der Waals surface area contributed by atoms with E-state index in [0.717, 1.165) is 37.4 Å². The van der Waals surface area contributed by atoms with Crippen LogP contribution in [0.15, 0.2) is 12.1 Å². The molecule has 0 aromatic carbocycles. The molecule has 1 fully saturated rings. The maximum atomic E-state index is 12.1. The van der Waals surface area contributed by atoms with Crippen LogP contribution in [0.3, 0.4) is 0 Å². The zero-order chi connectivity index (χ0) is 13.8. The second-order valence-electron chi connectivity index (χ2n) is 5.48. The summed E-state index contributed by atoms with van der Waals surface area (Å²) in [5, 5.41) is 11.3. The molecule has 1 unspecified atom stereocenters. The highest BCUT2D eigenvalue weighted by atomic mass is 16.2. The Morgan fingerprint density at radius 2 is 2.21 bits per heavy atom. The fourth-order valence-electron chi connectivity index (χ4n) is 2.36. The molecule has 2 heterocycles. The zero-order valence-electron chi connectivity index (χ0n) is 11.9. The van der Waals surface area contributed by atoms with Crippen LogP contribution in [-0.4, -0.2) is 35.2 Å². The van der Waals surface area contributed by atoms with Gasteiger partial charge in [-0.1, -0.05) is 0 Å². The fourth-order valence-corrected chi connectivity index (χ4v) is 2.36. The Balaban J connectivity index is 2.00. The normalized spacial score (nSPS) is 19.6. The summed E-state index contributed by atoms with van der Waals surface area (Å²) in [5.74, 6) is 1.08. The summed E-state index contributed by atoms with van der Waals surface area (Å²) >= 11 is 0. The number of aromatic nitrogens is 2. The fraction of sp³-hybridized carbons (Fsp3) is 0.643. The van der Waals surface area contributed by atoms with Crippen molar-refractivity contribution < 1.29 is 4.79 Å². The van der Waals surface area contributed by atoms with Crippen LogP contribution in [0.25, 0.3) is 0 Å². The average Bonchev–Trinajstić information content (AvgIpc) is 2.39. The summed E-state index contributed by atoms with van der Waals surface area (Å²) in [7, 11) is 0. The van der Waals surface area contributed by atoms with Crippen LogP contribution in [-0.2, 0) is 4.79 Å². The highest BCUT2D eigenvalue weighted by Crippen LogP contribution is 2.21. The third-order valence-corrected chi connectivity index (χ3v) is 3.33. The van der Waals surface area contributed by atoms with E-state index in [0.29, 0.717) is 0 Å². The molecule has 19 heavy (non-hydrogen) atoms. The molecular formula is C14H22N4O. The monoisotopic (exact) mass is 262 g/mol. The molecule has 1 aromatic heterocycles. The Hall–Kier alpha value is -1.65. The number of piperidine rings is 1. The Morgan fingerprint density at radius 3 is 2.84 bits per heavy atom. The van der Waals surface area contributed by atoms with Crippen molar-refractivity contribution in [1.82, 2.24) is 15.5 Å². The molecule has 0 saturated carbocycles. The van der Waals surface area contributed by atoms with E-state index in [-0.39, 0.29) is 17.9 Å². The molecule has 1 N–H and O–H groups in total. The summed E-state index contributed by atoms with van der Waals surface area (Å²) < 4.78 is 0. The number of nitrogens with zero attached hydrogens (tertiary/aromatic N) is 3. The molecule has 1 aromatic rings. The molecule has 1 amide bonds. The van der Waals surface area contributed by atoms with Crippen LogP contribution in [0.2, 0.25) is 0 Å². The summed E-state index contributed by atoms with van der Waals surface area (Å²) in [5.41, 5.74) is 0.912. The van der Waals surface area contributed by atoms with E-state index < -0.39 is 0 Å². The number of amides is 1. The number of hydrogen-bond acceptors (Lipinski definition) is 4. The van der Waals surface area contributed by atoms with Gasteiger partial charge in [0.25, 0.3) is 0 Å². The van der Waals surface area contributed by atoms with Crippen LogP contribution in [0.4, 0.5) is 5.82 Å². The predicted octanol–water partition coefficient (Wildman–Crippen LogP) is 1.53. The summed E-state index contributed by atoms with van der Waals surface area (Å²) in [6.07, 6.45) is 1.97. The maximum absolute atomic E-state index is 12.1. The average molecular weight is 262 g/mol. The van der Waals surface area contributed by atoms with E-state index in [1.54, 1.807) is 0 Å². The van der Waals surface area contributed by atoms with Crippen LogP contribution in [0.5, 0.6) is 0 Å². The second kappa shape index (κ2) is 5.99. The number of carbonyl (C=O) groups is 1. The minimum atomic E-state index is 0.0549. The minimum absolute atomic E-state index is 0.0549. The lowest BCUT2D eigenvalue weighted by atomic mass is 9.97. The Bertz CT molecular complexity index is 430. The number of aryl methyl sites for hydroxylation is 1. The predicted molar refractivity (Wildman–Crippen MR) is 75.0 cm³/mol. The molecule has 1 saturated heterocycles. The molecule has 0 radical (unpaired) electrons. The third kappa shape index (κ3) is 3.66. The van der Waals surface area contributed by atoms with Crippen molar-refractivity contribution in [1.29, 1.82) is 0 Å². The van der Waals surface area contributed by atoms with E-state index in [4.69, 9.17) is 0 Å². The van der Waals surface area contributed by atoms with Crippen molar-refractivity contribution in [2.45, 2.75) is 39.7 Å². The molecule has 1 atom stereocenters. The van der Waals surface area contributed by atoms with Gasteiger partial charge in [0.15, 0.2) is 5.82 Å².